The number of hydrogen-bond acceptors (Lipinski definition) is 4. The summed E-state index contributed by atoms with van der Waals surface area (Å²) >= 11 is 0. The molecule has 2 heterocycles. The number of pyridine rings is 1. The van der Waals surface area contributed by atoms with E-state index in [4.69, 9.17) is 14.2 Å². The summed E-state index contributed by atoms with van der Waals surface area (Å²) in [6.45, 7) is 1.55. The van der Waals surface area contributed by atoms with Gasteiger partial charge in [0.15, 0.2) is 12.0 Å². The molecule has 1 saturated heterocycles. The van der Waals surface area contributed by atoms with E-state index in [1.807, 2.05) is 30.3 Å². The number of nitrogens with zero attached hydrogens (tertiary/aromatic N) is 1. The summed E-state index contributed by atoms with van der Waals surface area (Å²) in [6, 6.07) is 14.5. The van der Waals surface area contributed by atoms with Crippen molar-refractivity contribution in [3.05, 3.63) is 60.5 Å². The van der Waals surface area contributed by atoms with E-state index in [1.54, 1.807) is 12.3 Å². The summed E-state index contributed by atoms with van der Waals surface area (Å²) in [5.41, 5.74) is 1.69. The molecule has 0 aliphatic carbocycles. The first-order chi connectivity index (χ1) is 13.3. The van der Waals surface area contributed by atoms with Gasteiger partial charge >= 0.3 is 0 Å². The maximum absolute atomic E-state index is 13.6. The second-order valence-electron chi connectivity index (χ2n) is 6.55. The zero-order valence-corrected chi connectivity index (χ0v) is 15.1. The van der Waals surface area contributed by atoms with E-state index in [9.17, 15) is 4.39 Å². The van der Waals surface area contributed by atoms with Crippen LogP contribution < -0.4 is 4.74 Å². The number of rotatable bonds is 6. The third-order valence-corrected chi connectivity index (χ3v) is 4.62. The third kappa shape index (κ3) is 4.26. The molecule has 0 spiro atoms. The Kier molecular flexibility index (Phi) is 5.61. The van der Waals surface area contributed by atoms with Crippen LogP contribution in [0.3, 0.4) is 0 Å². The number of aromatic nitrogens is 1. The van der Waals surface area contributed by atoms with Gasteiger partial charge in [0.1, 0.15) is 18.1 Å². The molecule has 0 bridgehead atoms. The van der Waals surface area contributed by atoms with E-state index in [2.05, 4.69) is 4.98 Å². The molecule has 1 unspecified atom stereocenters. The lowest BCUT2D eigenvalue weighted by molar-refractivity contribution is -0.165. The molecule has 0 amide bonds. The Labute approximate surface area is 157 Å². The van der Waals surface area contributed by atoms with E-state index >= 15 is 0 Å². The molecule has 3 aromatic rings. The van der Waals surface area contributed by atoms with Gasteiger partial charge in [-0.1, -0.05) is 30.3 Å². The van der Waals surface area contributed by atoms with Gasteiger partial charge in [0, 0.05) is 29.1 Å². The maximum Gasteiger partial charge on any atom is 0.157 e. The van der Waals surface area contributed by atoms with Gasteiger partial charge in [-0.25, -0.2) is 4.39 Å². The standard InChI is InChI=1S/C22H22FNO3/c23-18-9-10-19-17(14-18)15-24-21(16-6-2-1-3-7-16)22(19)27-13-12-26-20-8-4-5-11-25-20/h1-3,6-7,9-10,14-15,20H,4-5,8,11-13H2. The van der Waals surface area contributed by atoms with Crippen LogP contribution in [0.25, 0.3) is 22.0 Å². The van der Waals surface area contributed by atoms with Gasteiger partial charge in [0.2, 0.25) is 0 Å². The molecule has 2 aromatic carbocycles. The summed E-state index contributed by atoms with van der Waals surface area (Å²) in [6.07, 6.45) is 4.68. The van der Waals surface area contributed by atoms with E-state index < -0.39 is 0 Å². The molecule has 1 atom stereocenters. The van der Waals surface area contributed by atoms with Gasteiger partial charge in [0.25, 0.3) is 0 Å². The molecule has 1 aliphatic heterocycles. The number of halogens is 1. The van der Waals surface area contributed by atoms with Crippen molar-refractivity contribution in [2.24, 2.45) is 0 Å². The fraction of sp³-hybridized carbons (Fsp3) is 0.318. The van der Waals surface area contributed by atoms with Crippen molar-refractivity contribution in [3.63, 3.8) is 0 Å². The second kappa shape index (κ2) is 8.46. The first kappa shape index (κ1) is 17.9. The highest BCUT2D eigenvalue weighted by Gasteiger charge is 2.16. The largest absolute Gasteiger partial charge is 0.488 e. The smallest absolute Gasteiger partial charge is 0.157 e. The number of hydrogen-bond donors (Lipinski definition) is 0. The molecule has 1 aliphatic rings. The van der Waals surface area contributed by atoms with E-state index in [1.165, 1.54) is 12.1 Å². The fourth-order valence-electron chi connectivity index (χ4n) is 3.28. The highest BCUT2D eigenvalue weighted by atomic mass is 19.1. The molecule has 0 N–H and O–H groups in total. The summed E-state index contributed by atoms with van der Waals surface area (Å²) in [5, 5.41) is 1.54. The fourth-order valence-corrected chi connectivity index (χ4v) is 3.28. The molecule has 140 valence electrons. The Morgan fingerprint density at radius 1 is 1.07 bits per heavy atom. The number of fused-ring (bicyclic) bond motifs is 1. The van der Waals surface area contributed by atoms with Gasteiger partial charge in [-0.15, -0.1) is 0 Å². The Morgan fingerprint density at radius 2 is 1.96 bits per heavy atom. The van der Waals surface area contributed by atoms with Crippen LogP contribution in [-0.2, 0) is 9.47 Å². The second-order valence-corrected chi connectivity index (χ2v) is 6.55. The lowest BCUT2D eigenvalue weighted by atomic mass is 10.1. The monoisotopic (exact) mass is 367 g/mol. The Bertz CT molecular complexity index is 895. The summed E-state index contributed by atoms with van der Waals surface area (Å²) in [7, 11) is 0. The minimum Gasteiger partial charge on any atom is -0.488 e. The third-order valence-electron chi connectivity index (χ3n) is 4.62. The first-order valence-corrected chi connectivity index (χ1v) is 9.31. The quantitative estimate of drug-likeness (QED) is 0.577. The molecule has 1 fully saturated rings. The Balaban J connectivity index is 1.56. The zero-order valence-electron chi connectivity index (χ0n) is 15.1. The summed E-state index contributed by atoms with van der Waals surface area (Å²) in [4.78, 5) is 4.53. The highest BCUT2D eigenvalue weighted by molar-refractivity contribution is 5.93. The predicted molar refractivity (Wildman–Crippen MR) is 102 cm³/mol. The van der Waals surface area contributed by atoms with E-state index in [0.717, 1.165) is 42.5 Å². The number of benzene rings is 2. The van der Waals surface area contributed by atoms with Crippen molar-refractivity contribution in [1.29, 1.82) is 0 Å². The minimum atomic E-state index is -0.291. The van der Waals surface area contributed by atoms with Gasteiger partial charge in [-0.3, -0.25) is 4.98 Å². The lowest BCUT2D eigenvalue weighted by Crippen LogP contribution is -2.24. The van der Waals surface area contributed by atoms with Crippen LogP contribution in [-0.4, -0.2) is 31.1 Å². The normalized spacial score (nSPS) is 17.1. The van der Waals surface area contributed by atoms with Crippen molar-refractivity contribution < 1.29 is 18.6 Å². The lowest BCUT2D eigenvalue weighted by Gasteiger charge is -2.22. The molecular formula is C22H22FNO3. The van der Waals surface area contributed by atoms with Crippen LogP contribution in [0.4, 0.5) is 4.39 Å². The SMILES string of the molecule is Fc1ccc2c(OCCOC3CCCCO3)c(-c3ccccc3)ncc2c1. The van der Waals surface area contributed by atoms with Crippen molar-refractivity contribution in [1.82, 2.24) is 4.98 Å². The zero-order chi connectivity index (χ0) is 18.5. The average Bonchev–Trinajstić information content (AvgIpc) is 2.72. The molecule has 0 radical (unpaired) electrons. The molecule has 4 nitrogen and oxygen atoms in total. The molecule has 4 rings (SSSR count). The summed E-state index contributed by atoms with van der Waals surface area (Å²) in [5.74, 6) is 0.354. The van der Waals surface area contributed by atoms with Gasteiger partial charge in [-0.05, 0) is 37.5 Å². The summed E-state index contributed by atoms with van der Waals surface area (Å²) < 4.78 is 31.0. The topological polar surface area (TPSA) is 40.6 Å². The number of ether oxygens (including phenoxy) is 3. The van der Waals surface area contributed by atoms with Crippen LogP contribution in [0, 0.1) is 5.82 Å². The van der Waals surface area contributed by atoms with Crippen LogP contribution in [0.2, 0.25) is 0 Å². The van der Waals surface area contributed by atoms with Gasteiger partial charge < -0.3 is 14.2 Å². The maximum atomic E-state index is 13.6. The molecule has 0 saturated carbocycles. The van der Waals surface area contributed by atoms with Gasteiger partial charge in [-0.2, -0.15) is 0 Å². The van der Waals surface area contributed by atoms with Crippen molar-refractivity contribution in [2.75, 3.05) is 19.8 Å². The predicted octanol–water partition coefficient (Wildman–Crippen LogP) is 4.96. The van der Waals surface area contributed by atoms with Crippen molar-refractivity contribution in [2.45, 2.75) is 25.6 Å². The average molecular weight is 367 g/mol. The molecular weight excluding hydrogens is 345 g/mol. The van der Waals surface area contributed by atoms with Crippen LogP contribution >= 0.6 is 0 Å². The molecule has 5 heteroatoms. The van der Waals surface area contributed by atoms with Crippen LogP contribution in [0.15, 0.2) is 54.7 Å². The van der Waals surface area contributed by atoms with Crippen molar-refractivity contribution in [3.8, 4) is 17.0 Å². The molecule has 1 aromatic heterocycles. The highest BCUT2D eigenvalue weighted by Crippen LogP contribution is 2.35. The van der Waals surface area contributed by atoms with E-state index in [-0.39, 0.29) is 12.1 Å². The Morgan fingerprint density at radius 3 is 2.78 bits per heavy atom. The van der Waals surface area contributed by atoms with Crippen molar-refractivity contribution >= 4 is 10.8 Å². The van der Waals surface area contributed by atoms with Gasteiger partial charge in [0.05, 0.1) is 6.61 Å². The minimum absolute atomic E-state index is 0.143. The van der Waals surface area contributed by atoms with E-state index in [0.29, 0.717) is 24.3 Å². The van der Waals surface area contributed by atoms with Crippen LogP contribution in [0.1, 0.15) is 19.3 Å². The molecule has 27 heavy (non-hydrogen) atoms. The Hall–Kier alpha value is -2.50. The first-order valence-electron chi connectivity index (χ1n) is 9.31. The van der Waals surface area contributed by atoms with Crippen LogP contribution in [0.5, 0.6) is 5.75 Å².